The van der Waals surface area contributed by atoms with Crippen molar-refractivity contribution in [2.75, 3.05) is 13.1 Å². The second-order valence-electron chi connectivity index (χ2n) is 2.13. The Morgan fingerprint density at radius 2 is 1.90 bits per heavy atom. The Hall–Kier alpha value is 0.200. The van der Waals surface area contributed by atoms with Gasteiger partial charge >= 0.3 is 0 Å². The third-order valence-corrected chi connectivity index (χ3v) is 1.95. The van der Waals surface area contributed by atoms with Gasteiger partial charge in [0, 0.05) is 13.1 Å². The lowest BCUT2D eigenvalue weighted by Gasteiger charge is -2.19. The molecule has 0 radical (unpaired) electrons. The van der Waals surface area contributed by atoms with Gasteiger partial charge in [-0.2, -0.15) is 0 Å². The molecule has 0 aromatic heterocycles. The maximum atomic E-state index is 11.2. The summed E-state index contributed by atoms with van der Waals surface area (Å²) in [7, 11) is 0. The van der Waals surface area contributed by atoms with Crippen molar-refractivity contribution in [1.82, 2.24) is 4.90 Å². The van der Waals surface area contributed by atoms with Gasteiger partial charge in [0.05, 0.1) is 3.92 Å². The molecule has 0 N–H and O–H groups in total. The molecule has 0 aromatic rings. The highest BCUT2D eigenvalue weighted by Crippen LogP contribution is 2.03. The van der Waals surface area contributed by atoms with Gasteiger partial charge in [0.1, 0.15) is 0 Å². The second kappa shape index (κ2) is 4.93. The Morgan fingerprint density at radius 3 is 2.00 bits per heavy atom. The van der Waals surface area contributed by atoms with Crippen LogP contribution in [0.4, 0.5) is 0 Å². The van der Waals surface area contributed by atoms with Crippen LogP contribution in [0, 0.1) is 0 Å². The average molecular weight is 255 g/mol. The first-order chi connectivity index (χ1) is 4.63. The molecule has 0 rings (SSSR count). The standard InChI is InChI=1S/C7H14INO/c1-4-9(5-2)7(10)6(3)8/h6H,4-5H2,1-3H3. The van der Waals surface area contributed by atoms with Gasteiger partial charge in [0.25, 0.3) is 0 Å². The van der Waals surface area contributed by atoms with Crippen LogP contribution in [0.25, 0.3) is 0 Å². The zero-order valence-corrected chi connectivity index (χ0v) is 8.88. The van der Waals surface area contributed by atoms with Gasteiger partial charge in [0.2, 0.25) is 5.91 Å². The molecule has 1 atom stereocenters. The zero-order chi connectivity index (χ0) is 8.15. The lowest BCUT2D eigenvalue weighted by Crippen LogP contribution is -2.34. The molecule has 0 aromatic carbocycles. The molecule has 0 fully saturated rings. The van der Waals surface area contributed by atoms with Crippen molar-refractivity contribution < 1.29 is 4.79 Å². The van der Waals surface area contributed by atoms with E-state index in [4.69, 9.17) is 0 Å². The number of halogens is 1. The topological polar surface area (TPSA) is 20.3 Å². The maximum Gasteiger partial charge on any atom is 0.235 e. The molecule has 0 heterocycles. The lowest BCUT2D eigenvalue weighted by atomic mass is 10.4. The van der Waals surface area contributed by atoms with Crippen LogP contribution >= 0.6 is 22.6 Å². The quantitative estimate of drug-likeness (QED) is 0.555. The minimum Gasteiger partial charge on any atom is -0.342 e. The molecule has 0 aliphatic rings. The van der Waals surface area contributed by atoms with Gasteiger partial charge in [-0.1, -0.05) is 22.6 Å². The van der Waals surface area contributed by atoms with Gasteiger partial charge < -0.3 is 4.90 Å². The van der Waals surface area contributed by atoms with E-state index >= 15 is 0 Å². The lowest BCUT2D eigenvalue weighted by molar-refractivity contribution is -0.129. The molecule has 0 aliphatic carbocycles. The number of alkyl halides is 1. The molecule has 0 aliphatic heterocycles. The zero-order valence-electron chi connectivity index (χ0n) is 6.72. The smallest absolute Gasteiger partial charge is 0.235 e. The first kappa shape index (κ1) is 10.2. The van der Waals surface area contributed by atoms with Crippen LogP contribution < -0.4 is 0 Å². The highest BCUT2D eigenvalue weighted by Gasteiger charge is 2.13. The van der Waals surface area contributed by atoms with Crippen LogP contribution in [-0.2, 0) is 4.79 Å². The summed E-state index contributed by atoms with van der Waals surface area (Å²) in [4.78, 5) is 13.1. The minimum atomic E-state index is 0.109. The first-order valence-electron chi connectivity index (χ1n) is 3.56. The van der Waals surface area contributed by atoms with Crippen molar-refractivity contribution in [2.24, 2.45) is 0 Å². The van der Waals surface area contributed by atoms with Crippen LogP contribution in [-0.4, -0.2) is 27.8 Å². The molecular weight excluding hydrogens is 241 g/mol. The summed E-state index contributed by atoms with van der Waals surface area (Å²) in [5.74, 6) is 0.241. The Balaban J connectivity index is 3.89. The molecule has 0 saturated carbocycles. The fourth-order valence-corrected chi connectivity index (χ4v) is 1.18. The third kappa shape index (κ3) is 2.86. The average Bonchev–Trinajstić information content (AvgIpc) is 1.90. The molecule has 60 valence electrons. The fraction of sp³-hybridized carbons (Fsp3) is 0.857. The normalized spacial score (nSPS) is 12.8. The Morgan fingerprint density at radius 1 is 1.50 bits per heavy atom. The number of hydrogen-bond donors (Lipinski definition) is 0. The van der Waals surface area contributed by atoms with E-state index in [2.05, 4.69) is 22.6 Å². The van der Waals surface area contributed by atoms with Crippen LogP contribution in [0.3, 0.4) is 0 Å². The number of nitrogens with zero attached hydrogens (tertiary/aromatic N) is 1. The summed E-state index contributed by atoms with van der Waals surface area (Å²) in [6.45, 7) is 7.56. The number of carbonyl (C=O) groups excluding carboxylic acids is 1. The molecule has 10 heavy (non-hydrogen) atoms. The van der Waals surface area contributed by atoms with Gasteiger partial charge in [-0.3, -0.25) is 4.79 Å². The molecule has 1 unspecified atom stereocenters. The largest absolute Gasteiger partial charge is 0.342 e. The van der Waals surface area contributed by atoms with Crippen LogP contribution in [0.1, 0.15) is 20.8 Å². The van der Waals surface area contributed by atoms with Crippen LogP contribution in [0.5, 0.6) is 0 Å². The summed E-state index contributed by atoms with van der Waals surface area (Å²) in [6, 6.07) is 0. The van der Waals surface area contributed by atoms with E-state index in [1.165, 1.54) is 0 Å². The third-order valence-electron chi connectivity index (χ3n) is 1.42. The molecule has 0 bridgehead atoms. The molecule has 1 amide bonds. The summed E-state index contributed by atoms with van der Waals surface area (Å²) in [5.41, 5.74) is 0. The highest BCUT2D eigenvalue weighted by atomic mass is 127. The van der Waals surface area contributed by atoms with E-state index in [0.29, 0.717) is 0 Å². The first-order valence-corrected chi connectivity index (χ1v) is 4.80. The summed E-state index contributed by atoms with van der Waals surface area (Å²) in [5, 5.41) is 0. The summed E-state index contributed by atoms with van der Waals surface area (Å²) < 4.78 is 0.109. The number of carbonyl (C=O) groups is 1. The van der Waals surface area contributed by atoms with E-state index in [0.717, 1.165) is 13.1 Å². The Labute approximate surface area is 76.1 Å². The van der Waals surface area contributed by atoms with E-state index in [9.17, 15) is 4.79 Å². The highest BCUT2D eigenvalue weighted by molar-refractivity contribution is 14.1. The van der Waals surface area contributed by atoms with Gasteiger partial charge in [-0.15, -0.1) is 0 Å². The SMILES string of the molecule is CCN(CC)C(=O)C(C)I. The second-order valence-corrected chi connectivity index (χ2v) is 3.99. The predicted molar refractivity (Wildman–Crippen MR) is 51.4 cm³/mol. The van der Waals surface area contributed by atoms with Crippen LogP contribution in [0.2, 0.25) is 0 Å². The van der Waals surface area contributed by atoms with Gasteiger partial charge in [-0.25, -0.2) is 0 Å². The monoisotopic (exact) mass is 255 g/mol. The molecule has 3 heteroatoms. The van der Waals surface area contributed by atoms with Crippen molar-refractivity contribution in [3.63, 3.8) is 0 Å². The van der Waals surface area contributed by atoms with E-state index in [-0.39, 0.29) is 9.83 Å². The molecule has 0 saturated heterocycles. The molecular formula is C7H14INO. The van der Waals surface area contributed by atoms with Gasteiger partial charge in [0.15, 0.2) is 0 Å². The Bertz CT molecular complexity index is 110. The van der Waals surface area contributed by atoms with E-state index < -0.39 is 0 Å². The summed E-state index contributed by atoms with van der Waals surface area (Å²) in [6.07, 6.45) is 0. The van der Waals surface area contributed by atoms with Crippen LogP contribution in [0.15, 0.2) is 0 Å². The van der Waals surface area contributed by atoms with Crippen molar-refractivity contribution in [3.05, 3.63) is 0 Å². The predicted octanol–water partition coefficient (Wildman–Crippen LogP) is 1.68. The number of hydrogen-bond acceptors (Lipinski definition) is 1. The van der Waals surface area contributed by atoms with Crippen molar-refractivity contribution >= 4 is 28.5 Å². The van der Waals surface area contributed by atoms with Gasteiger partial charge in [-0.05, 0) is 20.8 Å². The summed E-state index contributed by atoms with van der Waals surface area (Å²) >= 11 is 2.14. The maximum absolute atomic E-state index is 11.2. The van der Waals surface area contributed by atoms with E-state index in [1.807, 2.05) is 25.7 Å². The molecule has 0 spiro atoms. The fourth-order valence-electron chi connectivity index (χ4n) is 0.787. The van der Waals surface area contributed by atoms with E-state index in [1.54, 1.807) is 0 Å². The van der Waals surface area contributed by atoms with Crippen molar-refractivity contribution in [1.29, 1.82) is 0 Å². The number of amides is 1. The molecule has 2 nitrogen and oxygen atoms in total. The van der Waals surface area contributed by atoms with Crippen molar-refractivity contribution in [2.45, 2.75) is 24.7 Å². The minimum absolute atomic E-state index is 0.109. The van der Waals surface area contributed by atoms with Crippen molar-refractivity contribution in [3.8, 4) is 0 Å². The number of rotatable bonds is 3. The Kier molecular flexibility index (Phi) is 5.03.